The molecule has 2 aromatic heterocycles. The number of nitrogens with zero attached hydrogens (tertiary/aromatic N) is 5. The number of hydrogen-bond donors (Lipinski definition) is 1. The Bertz CT molecular complexity index is 949. The van der Waals surface area contributed by atoms with E-state index in [0.717, 1.165) is 13.0 Å². The maximum Gasteiger partial charge on any atom is 0.350 e. The van der Waals surface area contributed by atoms with Crippen LogP contribution >= 0.6 is 0 Å². The van der Waals surface area contributed by atoms with E-state index >= 15 is 0 Å². The Labute approximate surface area is 137 Å². The number of benzene rings is 1. The van der Waals surface area contributed by atoms with Gasteiger partial charge in [-0.1, -0.05) is 12.1 Å². The third-order valence-corrected chi connectivity index (χ3v) is 4.23. The summed E-state index contributed by atoms with van der Waals surface area (Å²) in [5.41, 5.74) is 6.85. The van der Waals surface area contributed by atoms with Crippen LogP contribution in [0.5, 0.6) is 0 Å². The topological polar surface area (TPSA) is 81.5 Å². The number of fused-ring (bicyclic) bond motifs is 1. The van der Waals surface area contributed by atoms with Gasteiger partial charge in [-0.05, 0) is 24.1 Å². The van der Waals surface area contributed by atoms with Crippen molar-refractivity contribution in [2.45, 2.75) is 19.0 Å². The van der Waals surface area contributed by atoms with Crippen molar-refractivity contribution < 1.29 is 4.39 Å². The summed E-state index contributed by atoms with van der Waals surface area (Å²) in [4.78, 5) is 19.0. The van der Waals surface area contributed by atoms with E-state index in [1.807, 2.05) is 4.90 Å². The third-order valence-electron chi connectivity index (χ3n) is 4.23. The Morgan fingerprint density at radius 1 is 1.38 bits per heavy atom. The monoisotopic (exact) mass is 328 g/mol. The third kappa shape index (κ3) is 2.54. The molecule has 8 heteroatoms. The molecule has 2 N–H and O–H groups in total. The van der Waals surface area contributed by atoms with Crippen LogP contribution in [-0.2, 0) is 6.54 Å². The lowest BCUT2D eigenvalue weighted by Gasteiger charge is -2.16. The molecule has 4 rings (SSSR count). The van der Waals surface area contributed by atoms with Crippen LogP contribution < -0.4 is 16.3 Å². The van der Waals surface area contributed by atoms with Crippen LogP contribution in [0.4, 0.5) is 10.2 Å². The van der Waals surface area contributed by atoms with Gasteiger partial charge >= 0.3 is 5.69 Å². The molecule has 3 heterocycles. The quantitative estimate of drug-likeness (QED) is 0.762. The second kappa shape index (κ2) is 5.72. The number of hydrogen-bond acceptors (Lipinski definition) is 5. The van der Waals surface area contributed by atoms with E-state index in [-0.39, 0.29) is 24.1 Å². The Morgan fingerprint density at radius 2 is 2.25 bits per heavy atom. The van der Waals surface area contributed by atoms with Crippen molar-refractivity contribution in [2.75, 3.05) is 18.0 Å². The first kappa shape index (κ1) is 14.8. The summed E-state index contributed by atoms with van der Waals surface area (Å²) >= 11 is 0. The minimum absolute atomic E-state index is 0.105. The SMILES string of the molecule is NC1CCN(c2nccn3c(=O)n(Cc4cccc(F)c4)nc23)C1. The lowest BCUT2D eigenvalue weighted by molar-refractivity contribution is 0.615. The first-order valence-corrected chi connectivity index (χ1v) is 7.81. The minimum Gasteiger partial charge on any atom is -0.352 e. The predicted octanol–water partition coefficient (Wildman–Crippen LogP) is 0.616. The van der Waals surface area contributed by atoms with Crippen LogP contribution in [0.3, 0.4) is 0 Å². The molecule has 1 saturated heterocycles. The Kier molecular flexibility index (Phi) is 3.53. The van der Waals surface area contributed by atoms with Gasteiger partial charge in [-0.3, -0.25) is 0 Å². The van der Waals surface area contributed by atoms with E-state index in [1.165, 1.54) is 21.2 Å². The largest absolute Gasteiger partial charge is 0.352 e. The maximum atomic E-state index is 13.3. The van der Waals surface area contributed by atoms with Gasteiger partial charge < -0.3 is 10.6 Å². The fourth-order valence-corrected chi connectivity index (χ4v) is 3.05. The molecule has 0 amide bonds. The molecule has 1 aliphatic rings. The van der Waals surface area contributed by atoms with Crippen molar-refractivity contribution in [3.05, 3.63) is 58.5 Å². The molecule has 1 aromatic carbocycles. The standard InChI is InChI=1S/C16H17FN6O/c17-12-3-1-2-11(8-12)9-23-16(24)22-7-5-19-14(15(22)20-23)21-6-4-13(18)10-21/h1-3,5,7-8,13H,4,6,9-10,18H2. The van der Waals surface area contributed by atoms with Crippen LogP contribution in [-0.4, -0.2) is 38.3 Å². The van der Waals surface area contributed by atoms with Gasteiger partial charge in [0.05, 0.1) is 6.54 Å². The van der Waals surface area contributed by atoms with Crippen molar-refractivity contribution in [2.24, 2.45) is 5.73 Å². The van der Waals surface area contributed by atoms with E-state index in [2.05, 4.69) is 10.1 Å². The zero-order valence-corrected chi connectivity index (χ0v) is 13.0. The number of aromatic nitrogens is 4. The molecule has 1 unspecified atom stereocenters. The molecule has 1 atom stereocenters. The van der Waals surface area contributed by atoms with Gasteiger partial charge in [0.25, 0.3) is 0 Å². The first-order valence-electron chi connectivity index (χ1n) is 7.81. The van der Waals surface area contributed by atoms with Crippen LogP contribution in [0.25, 0.3) is 5.65 Å². The van der Waals surface area contributed by atoms with Crippen molar-refractivity contribution in [1.82, 2.24) is 19.2 Å². The van der Waals surface area contributed by atoms with Gasteiger partial charge in [0.15, 0.2) is 5.82 Å². The number of halogens is 1. The van der Waals surface area contributed by atoms with Gasteiger partial charge in [-0.25, -0.2) is 23.3 Å². The summed E-state index contributed by atoms with van der Waals surface area (Å²) in [6.07, 6.45) is 4.06. The summed E-state index contributed by atoms with van der Waals surface area (Å²) in [5, 5.41) is 4.41. The molecule has 0 spiro atoms. The molecule has 0 radical (unpaired) electrons. The van der Waals surface area contributed by atoms with E-state index in [4.69, 9.17) is 5.73 Å². The molecule has 0 bridgehead atoms. The van der Waals surface area contributed by atoms with Gasteiger partial charge in [-0.15, -0.1) is 5.10 Å². The van der Waals surface area contributed by atoms with E-state index in [9.17, 15) is 9.18 Å². The minimum atomic E-state index is -0.335. The highest BCUT2D eigenvalue weighted by molar-refractivity contribution is 5.63. The predicted molar refractivity (Wildman–Crippen MR) is 87.6 cm³/mol. The van der Waals surface area contributed by atoms with Crippen LogP contribution in [0, 0.1) is 5.82 Å². The van der Waals surface area contributed by atoms with Gasteiger partial charge in [0.2, 0.25) is 5.65 Å². The van der Waals surface area contributed by atoms with Crippen molar-refractivity contribution >= 4 is 11.5 Å². The lowest BCUT2D eigenvalue weighted by atomic mass is 10.2. The summed E-state index contributed by atoms with van der Waals surface area (Å²) in [6, 6.07) is 6.25. The van der Waals surface area contributed by atoms with Crippen LogP contribution in [0.15, 0.2) is 41.5 Å². The fourth-order valence-electron chi connectivity index (χ4n) is 3.05. The molecule has 124 valence electrons. The summed E-state index contributed by atoms with van der Waals surface area (Å²) in [7, 11) is 0. The fraction of sp³-hybridized carbons (Fsp3) is 0.312. The van der Waals surface area contributed by atoms with E-state index < -0.39 is 0 Å². The Morgan fingerprint density at radius 3 is 3.00 bits per heavy atom. The normalized spacial score (nSPS) is 17.8. The molecule has 24 heavy (non-hydrogen) atoms. The smallest absolute Gasteiger partial charge is 0.350 e. The molecular weight excluding hydrogens is 311 g/mol. The van der Waals surface area contributed by atoms with Crippen molar-refractivity contribution in [3.63, 3.8) is 0 Å². The highest BCUT2D eigenvalue weighted by Gasteiger charge is 2.24. The zero-order chi connectivity index (χ0) is 16.7. The van der Waals surface area contributed by atoms with Crippen molar-refractivity contribution in [1.29, 1.82) is 0 Å². The van der Waals surface area contributed by atoms with Gasteiger partial charge in [-0.2, -0.15) is 0 Å². The average molecular weight is 328 g/mol. The summed E-state index contributed by atoms with van der Waals surface area (Å²) in [5.74, 6) is 0.318. The van der Waals surface area contributed by atoms with E-state index in [0.29, 0.717) is 23.6 Å². The maximum absolute atomic E-state index is 13.3. The Balaban J connectivity index is 1.75. The molecule has 1 aliphatic heterocycles. The highest BCUT2D eigenvalue weighted by atomic mass is 19.1. The molecule has 0 aliphatic carbocycles. The molecule has 3 aromatic rings. The second-order valence-electron chi connectivity index (χ2n) is 6.01. The second-order valence-corrected chi connectivity index (χ2v) is 6.01. The molecule has 0 saturated carbocycles. The van der Waals surface area contributed by atoms with Crippen LogP contribution in [0.2, 0.25) is 0 Å². The molecular formula is C16H17FN6O. The Hall–Kier alpha value is -2.74. The van der Waals surface area contributed by atoms with E-state index in [1.54, 1.807) is 24.5 Å². The first-order chi connectivity index (χ1) is 11.6. The zero-order valence-electron chi connectivity index (χ0n) is 13.0. The molecule has 1 fully saturated rings. The number of anilines is 1. The van der Waals surface area contributed by atoms with Crippen molar-refractivity contribution in [3.8, 4) is 0 Å². The number of nitrogens with two attached hydrogens (primary N) is 1. The lowest BCUT2D eigenvalue weighted by Crippen LogP contribution is -2.27. The molecule has 7 nitrogen and oxygen atoms in total. The average Bonchev–Trinajstić information content (AvgIpc) is 3.12. The highest BCUT2D eigenvalue weighted by Crippen LogP contribution is 2.20. The van der Waals surface area contributed by atoms with Crippen LogP contribution in [0.1, 0.15) is 12.0 Å². The number of rotatable bonds is 3. The summed E-state index contributed by atoms with van der Waals surface area (Å²) < 4.78 is 16.1. The summed E-state index contributed by atoms with van der Waals surface area (Å²) in [6.45, 7) is 1.69. The van der Waals surface area contributed by atoms with Gasteiger partial charge in [0, 0.05) is 31.5 Å². The van der Waals surface area contributed by atoms with Gasteiger partial charge in [0.1, 0.15) is 5.82 Å².